The highest BCUT2D eigenvalue weighted by Gasteiger charge is 2.45. The fourth-order valence-corrected chi connectivity index (χ4v) is 8.95. The molecule has 8 rings (SSSR count). The van der Waals surface area contributed by atoms with Crippen molar-refractivity contribution in [2.75, 3.05) is 0 Å². The van der Waals surface area contributed by atoms with Gasteiger partial charge in [-0.15, -0.1) is 0 Å². The molecule has 5 aromatic carbocycles. The van der Waals surface area contributed by atoms with Crippen molar-refractivity contribution in [3.05, 3.63) is 139 Å². The molecule has 49 heavy (non-hydrogen) atoms. The average Bonchev–Trinajstić information content (AvgIpc) is 3.14. The maximum Gasteiger partial charge on any atom is 0.164 e. The maximum absolute atomic E-state index is 9.52. The summed E-state index contributed by atoms with van der Waals surface area (Å²) in [5, 5.41) is 9.52. The van der Waals surface area contributed by atoms with Crippen molar-refractivity contribution in [3.63, 3.8) is 0 Å². The number of nitrogens with zero attached hydrogens (tertiary/aromatic N) is 4. The largest absolute Gasteiger partial charge is 0.208 e. The van der Waals surface area contributed by atoms with Crippen LogP contribution in [0.4, 0.5) is 0 Å². The highest BCUT2D eigenvalue weighted by atomic mass is 15.0. The third-order valence-corrected chi connectivity index (χ3v) is 10.7. The molecule has 0 N–H and O–H groups in total. The molecule has 0 amide bonds. The number of aromatic nitrogens is 3. The molecule has 1 unspecified atom stereocenters. The van der Waals surface area contributed by atoms with Gasteiger partial charge in [0, 0.05) is 16.7 Å². The van der Waals surface area contributed by atoms with Gasteiger partial charge in [-0.3, -0.25) is 0 Å². The molecule has 0 aliphatic heterocycles. The van der Waals surface area contributed by atoms with Crippen molar-refractivity contribution in [2.45, 2.75) is 51.4 Å². The first-order valence-corrected chi connectivity index (χ1v) is 17.6. The van der Waals surface area contributed by atoms with E-state index in [-0.39, 0.29) is 5.41 Å². The lowest BCUT2D eigenvalue weighted by Gasteiger charge is -2.50. The first-order valence-electron chi connectivity index (χ1n) is 17.6. The molecule has 2 aliphatic rings. The van der Waals surface area contributed by atoms with E-state index in [2.05, 4.69) is 105 Å². The van der Waals surface area contributed by atoms with Gasteiger partial charge in [-0.2, -0.15) is 5.26 Å². The molecule has 1 aromatic heterocycles. The van der Waals surface area contributed by atoms with Crippen LogP contribution in [0.3, 0.4) is 0 Å². The Bertz CT molecular complexity index is 2140. The normalized spacial score (nSPS) is 21.5. The molecule has 4 nitrogen and oxygen atoms in total. The molecule has 6 aromatic rings. The average molecular weight is 637 g/mol. The molecule has 2 aliphatic carbocycles. The third kappa shape index (κ3) is 6.18. The van der Waals surface area contributed by atoms with Crippen LogP contribution in [-0.4, -0.2) is 15.0 Å². The molecule has 2 bridgehead atoms. The summed E-state index contributed by atoms with van der Waals surface area (Å²) in [6.07, 6.45) is 6.63. The smallest absolute Gasteiger partial charge is 0.164 e. The van der Waals surface area contributed by atoms with Crippen molar-refractivity contribution in [1.82, 2.24) is 15.0 Å². The minimum Gasteiger partial charge on any atom is -0.208 e. The zero-order chi connectivity index (χ0) is 33.4. The monoisotopic (exact) mass is 636 g/mol. The number of rotatable bonds is 6. The Morgan fingerprint density at radius 3 is 1.67 bits per heavy atom. The van der Waals surface area contributed by atoms with Crippen LogP contribution in [0.2, 0.25) is 0 Å². The summed E-state index contributed by atoms with van der Waals surface area (Å²) in [6.45, 7) is 4.89. The molecule has 4 heteroatoms. The van der Waals surface area contributed by atoms with Crippen LogP contribution in [-0.2, 0) is 5.41 Å². The molecular formula is C45H40N4. The van der Waals surface area contributed by atoms with Gasteiger partial charge in [-0.1, -0.05) is 123 Å². The fourth-order valence-electron chi connectivity index (χ4n) is 8.95. The van der Waals surface area contributed by atoms with Crippen molar-refractivity contribution < 1.29 is 0 Å². The van der Waals surface area contributed by atoms with Gasteiger partial charge in [0.2, 0.25) is 0 Å². The van der Waals surface area contributed by atoms with Crippen LogP contribution < -0.4 is 0 Å². The summed E-state index contributed by atoms with van der Waals surface area (Å²) in [4.78, 5) is 15.2. The first-order chi connectivity index (χ1) is 24.0. The van der Waals surface area contributed by atoms with Gasteiger partial charge in [0.15, 0.2) is 17.5 Å². The molecule has 4 atom stereocenters. The van der Waals surface area contributed by atoms with Crippen molar-refractivity contribution >= 4 is 0 Å². The molecule has 0 saturated heterocycles. The van der Waals surface area contributed by atoms with Crippen LogP contribution in [0.25, 0.3) is 56.4 Å². The molecule has 2 saturated carbocycles. The van der Waals surface area contributed by atoms with E-state index in [4.69, 9.17) is 15.0 Å². The van der Waals surface area contributed by atoms with Gasteiger partial charge < -0.3 is 0 Å². The number of nitriles is 1. The summed E-state index contributed by atoms with van der Waals surface area (Å²) < 4.78 is 0. The van der Waals surface area contributed by atoms with E-state index in [1.54, 1.807) is 0 Å². The molecule has 0 spiro atoms. The molecular weight excluding hydrogens is 597 g/mol. The molecule has 2 fully saturated rings. The molecule has 1 heterocycles. The van der Waals surface area contributed by atoms with Gasteiger partial charge in [0.1, 0.15) is 0 Å². The molecule has 240 valence electrons. The van der Waals surface area contributed by atoms with Crippen LogP contribution in [0.1, 0.15) is 57.1 Å². The quantitative estimate of drug-likeness (QED) is 0.182. The number of hydrogen-bond acceptors (Lipinski definition) is 4. The fraction of sp³-hybridized carbons (Fsp3) is 0.244. The summed E-state index contributed by atoms with van der Waals surface area (Å²) in [5.41, 5.74) is 9.52. The van der Waals surface area contributed by atoms with Gasteiger partial charge in [-0.05, 0) is 101 Å². The SMILES string of the molecule is C[C@@H]1C[C@@H]2C[C@H](C)CC(c3ccc(-c4nc(-c5ccccc5)nc(-c5cccc(-c6ccccc6-c6cccc(C#N)c6)c5)n4)cc3)(C1)C2. The standard InChI is InChI=1S/C45H40N4/c1-30-22-33-23-31(2)27-45(26-30,28-33)39-20-18-35(19-21-39)43-47-42(34-11-4-3-5-12-34)48-44(49-43)38-15-9-14-37(25-38)41-17-7-6-16-40(41)36-13-8-10-32(24-36)29-46/h3-21,24-25,30-31,33H,22-23,26-28H2,1-2H3/t30-,31+,33-,45?. The second kappa shape index (κ2) is 12.9. The summed E-state index contributed by atoms with van der Waals surface area (Å²) in [7, 11) is 0. The van der Waals surface area contributed by atoms with E-state index < -0.39 is 0 Å². The predicted molar refractivity (Wildman–Crippen MR) is 198 cm³/mol. The summed E-state index contributed by atoms with van der Waals surface area (Å²) >= 11 is 0. The minimum atomic E-state index is 0.282. The zero-order valence-corrected chi connectivity index (χ0v) is 28.2. The minimum absolute atomic E-state index is 0.282. The van der Waals surface area contributed by atoms with Gasteiger partial charge in [0.05, 0.1) is 11.6 Å². The van der Waals surface area contributed by atoms with E-state index in [0.717, 1.165) is 56.7 Å². The van der Waals surface area contributed by atoms with Crippen LogP contribution in [0.5, 0.6) is 0 Å². The van der Waals surface area contributed by atoms with E-state index in [9.17, 15) is 5.26 Å². The van der Waals surface area contributed by atoms with Crippen molar-refractivity contribution in [3.8, 4) is 62.5 Å². The zero-order valence-electron chi connectivity index (χ0n) is 28.2. The van der Waals surface area contributed by atoms with Gasteiger partial charge in [0.25, 0.3) is 0 Å². The Hall–Kier alpha value is -5.40. The Morgan fingerprint density at radius 1 is 0.531 bits per heavy atom. The van der Waals surface area contributed by atoms with Crippen LogP contribution in [0.15, 0.2) is 127 Å². The third-order valence-electron chi connectivity index (χ3n) is 10.7. The van der Waals surface area contributed by atoms with Crippen LogP contribution in [0, 0.1) is 29.1 Å². The van der Waals surface area contributed by atoms with E-state index in [1.807, 2.05) is 42.5 Å². The predicted octanol–water partition coefficient (Wildman–Crippen LogP) is 11.2. The first kappa shape index (κ1) is 30.9. The van der Waals surface area contributed by atoms with Gasteiger partial charge in [-0.25, -0.2) is 15.0 Å². The van der Waals surface area contributed by atoms with Crippen molar-refractivity contribution in [2.24, 2.45) is 17.8 Å². The van der Waals surface area contributed by atoms with Gasteiger partial charge >= 0.3 is 0 Å². The highest BCUT2D eigenvalue weighted by molar-refractivity contribution is 5.85. The number of fused-ring (bicyclic) bond motifs is 2. The number of benzene rings is 5. The summed E-state index contributed by atoms with van der Waals surface area (Å²) in [6, 6.07) is 46.1. The Labute approximate surface area is 289 Å². The van der Waals surface area contributed by atoms with E-state index in [1.165, 1.54) is 37.7 Å². The lowest BCUT2D eigenvalue weighted by atomic mass is 9.54. The van der Waals surface area contributed by atoms with Crippen LogP contribution >= 0.6 is 0 Å². The second-order valence-electron chi connectivity index (χ2n) is 14.5. The molecule has 0 radical (unpaired) electrons. The second-order valence-corrected chi connectivity index (χ2v) is 14.5. The lowest BCUT2D eigenvalue weighted by molar-refractivity contribution is 0.0780. The topological polar surface area (TPSA) is 62.5 Å². The lowest BCUT2D eigenvalue weighted by Crippen LogP contribution is -2.42. The Kier molecular flexibility index (Phi) is 8.14. The maximum atomic E-state index is 9.52. The van der Waals surface area contributed by atoms with E-state index in [0.29, 0.717) is 23.0 Å². The van der Waals surface area contributed by atoms with Crippen molar-refractivity contribution in [1.29, 1.82) is 5.26 Å². The number of hydrogen-bond donors (Lipinski definition) is 0. The highest BCUT2D eigenvalue weighted by Crippen LogP contribution is 2.54. The summed E-state index contributed by atoms with van der Waals surface area (Å²) in [5.74, 6) is 4.37. The van der Waals surface area contributed by atoms with E-state index >= 15 is 0 Å². The Balaban J connectivity index is 1.19. The Morgan fingerprint density at radius 2 is 1.04 bits per heavy atom.